The normalized spacial score (nSPS) is 10.1. The molecule has 0 bridgehead atoms. The van der Waals surface area contributed by atoms with Gasteiger partial charge in [-0.3, -0.25) is 4.79 Å². The Morgan fingerprint density at radius 2 is 1.67 bits per heavy atom. The van der Waals surface area contributed by atoms with Gasteiger partial charge in [-0.15, -0.1) is 0 Å². The third kappa shape index (κ3) is 2.51. The summed E-state index contributed by atoms with van der Waals surface area (Å²) in [6.07, 6.45) is 0.00816. The second-order valence-corrected chi connectivity index (χ2v) is 3.93. The highest BCUT2D eigenvalue weighted by atomic mass is 16.5. The minimum absolute atomic E-state index is 0.00816. The molecule has 0 amide bonds. The lowest BCUT2D eigenvalue weighted by Gasteiger charge is -2.11. The van der Waals surface area contributed by atoms with Crippen LogP contribution in [-0.4, -0.2) is 18.2 Å². The fraction of sp³-hybridized carbons (Fsp3) is 0.133. The van der Waals surface area contributed by atoms with Crippen LogP contribution in [0.2, 0.25) is 0 Å². The molecule has 0 spiro atoms. The Kier molecular flexibility index (Phi) is 3.63. The molecular formula is C15H14O3. The monoisotopic (exact) mass is 242 g/mol. The zero-order chi connectivity index (χ0) is 13.0. The average molecular weight is 242 g/mol. The molecule has 0 aliphatic carbocycles. The van der Waals surface area contributed by atoms with Crippen LogP contribution >= 0.6 is 0 Å². The average Bonchev–Trinajstić information content (AvgIpc) is 2.39. The van der Waals surface area contributed by atoms with Gasteiger partial charge in [0.1, 0.15) is 5.75 Å². The maximum Gasteiger partial charge on any atom is 0.307 e. The van der Waals surface area contributed by atoms with E-state index in [1.54, 1.807) is 7.11 Å². The third-order valence-electron chi connectivity index (χ3n) is 2.76. The van der Waals surface area contributed by atoms with Crippen LogP contribution in [0.25, 0.3) is 11.1 Å². The largest absolute Gasteiger partial charge is 0.496 e. The van der Waals surface area contributed by atoms with Crippen LogP contribution in [0.15, 0.2) is 48.5 Å². The van der Waals surface area contributed by atoms with Crippen LogP contribution in [0.3, 0.4) is 0 Å². The highest BCUT2D eigenvalue weighted by Gasteiger charge is 2.11. The molecule has 0 fully saturated rings. The number of carboxylic acid groups (broad SMARTS) is 1. The zero-order valence-electron chi connectivity index (χ0n) is 10.1. The third-order valence-corrected chi connectivity index (χ3v) is 2.76. The van der Waals surface area contributed by atoms with E-state index in [4.69, 9.17) is 9.84 Å². The number of hydrogen-bond acceptors (Lipinski definition) is 2. The summed E-state index contributed by atoms with van der Waals surface area (Å²) in [7, 11) is 1.61. The first-order chi connectivity index (χ1) is 8.72. The van der Waals surface area contributed by atoms with Gasteiger partial charge in [0.05, 0.1) is 13.5 Å². The predicted molar refractivity (Wildman–Crippen MR) is 69.8 cm³/mol. The molecule has 1 N–H and O–H groups in total. The molecule has 3 nitrogen and oxygen atoms in total. The molecular weight excluding hydrogens is 228 g/mol. The summed E-state index contributed by atoms with van der Waals surface area (Å²) in [5.41, 5.74) is 2.60. The Labute approximate surface area is 106 Å². The van der Waals surface area contributed by atoms with Gasteiger partial charge in [-0.1, -0.05) is 42.5 Å². The summed E-state index contributed by atoms with van der Waals surface area (Å²) in [5, 5.41) is 8.93. The number of methoxy groups -OCH3 is 1. The highest BCUT2D eigenvalue weighted by Crippen LogP contribution is 2.32. The van der Waals surface area contributed by atoms with Crippen LogP contribution in [-0.2, 0) is 11.2 Å². The van der Waals surface area contributed by atoms with E-state index >= 15 is 0 Å². The van der Waals surface area contributed by atoms with Crippen molar-refractivity contribution in [2.45, 2.75) is 6.42 Å². The Morgan fingerprint density at radius 1 is 1.06 bits per heavy atom. The van der Waals surface area contributed by atoms with Crippen LogP contribution in [0.1, 0.15) is 5.56 Å². The molecule has 0 unspecified atom stereocenters. The molecule has 2 aromatic carbocycles. The van der Waals surface area contributed by atoms with Gasteiger partial charge in [0.2, 0.25) is 0 Å². The molecule has 0 saturated heterocycles. The van der Waals surface area contributed by atoms with Gasteiger partial charge < -0.3 is 9.84 Å². The molecule has 0 saturated carbocycles. The maximum atomic E-state index is 10.9. The number of para-hydroxylation sites is 1. The molecule has 0 heterocycles. The van der Waals surface area contributed by atoms with Crippen molar-refractivity contribution in [3.8, 4) is 16.9 Å². The molecule has 0 aliphatic heterocycles. The topological polar surface area (TPSA) is 46.5 Å². The summed E-state index contributed by atoms with van der Waals surface area (Å²) < 4.78 is 5.31. The van der Waals surface area contributed by atoms with Gasteiger partial charge >= 0.3 is 5.97 Å². The zero-order valence-corrected chi connectivity index (χ0v) is 10.1. The van der Waals surface area contributed by atoms with Crippen molar-refractivity contribution in [2.24, 2.45) is 0 Å². The Hall–Kier alpha value is -2.29. The first-order valence-electron chi connectivity index (χ1n) is 5.65. The molecule has 92 valence electrons. The van der Waals surface area contributed by atoms with Crippen molar-refractivity contribution in [2.75, 3.05) is 7.11 Å². The first-order valence-corrected chi connectivity index (χ1v) is 5.65. The fourth-order valence-corrected chi connectivity index (χ4v) is 1.97. The van der Waals surface area contributed by atoms with E-state index in [1.165, 1.54) is 0 Å². The summed E-state index contributed by atoms with van der Waals surface area (Å²) in [4.78, 5) is 10.9. The molecule has 0 aliphatic rings. The van der Waals surface area contributed by atoms with Gasteiger partial charge in [0.25, 0.3) is 0 Å². The Balaban J connectivity index is 2.53. The maximum absolute atomic E-state index is 10.9. The van der Waals surface area contributed by atoms with Gasteiger partial charge in [-0.2, -0.15) is 0 Å². The fourth-order valence-electron chi connectivity index (χ4n) is 1.97. The Bertz CT molecular complexity index is 561. The van der Waals surface area contributed by atoms with Crippen LogP contribution in [0.4, 0.5) is 0 Å². The molecule has 2 rings (SSSR count). The second-order valence-electron chi connectivity index (χ2n) is 3.93. The summed E-state index contributed by atoms with van der Waals surface area (Å²) in [6, 6.07) is 15.1. The number of benzene rings is 2. The number of aliphatic carboxylic acids is 1. The lowest BCUT2D eigenvalue weighted by molar-refractivity contribution is -0.136. The number of hydrogen-bond donors (Lipinski definition) is 1. The molecule has 0 aromatic heterocycles. The lowest BCUT2D eigenvalue weighted by atomic mass is 9.97. The van der Waals surface area contributed by atoms with E-state index in [0.717, 1.165) is 22.4 Å². The number of carbonyl (C=O) groups is 1. The molecule has 0 atom stereocenters. The van der Waals surface area contributed by atoms with E-state index < -0.39 is 5.97 Å². The quantitative estimate of drug-likeness (QED) is 0.896. The predicted octanol–water partition coefficient (Wildman–Crippen LogP) is 2.99. The SMILES string of the molecule is COc1ccccc1-c1ccccc1CC(=O)O. The Morgan fingerprint density at radius 3 is 2.33 bits per heavy atom. The van der Waals surface area contributed by atoms with E-state index in [1.807, 2.05) is 48.5 Å². The van der Waals surface area contributed by atoms with Crippen molar-refractivity contribution in [1.82, 2.24) is 0 Å². The molecule has 3 heteroatoms. The molecule has 2 aromatic rings. The highest BCUT2D eigenvalue weighted by molar-refractivity contribution is 5.79. The van der Waals surface area contributed by atoms with Gasteiger partial charge in [-0.25, -0.2) is 0 Å². The van der Waals surface area contributed by atoms with Crippen molar-refractivity contribution >= 4 is 5.97 Å². The van der Waals surface area contributed by atoms with Gasteiger partial charge in [0, 0.05) is 5.56 Å². The lowest BCUT2D eigenvalue weighted by Crippen LogP contribution is -2.02. The minimum atomic E-state index is -0.836. The van der Waals surface area contributed by atoms with E-state index in [2.05, 4.69) is 0 Å². The van der Waals surface area contributed by atoms with Gasteiger partial charge in [-0.05, 0) is 17.2 Å². The van der Waals surface area contributed by atoms with Gasteiger partial charge in [0.15, 0.2) is 0 Å². The summed E-state index contributed by atoms with van der Waals surface area (Å²) in [6.45, 7) is 0. The second kappa shape index (κ2) is 5.36. The molecule has 0 radical (unpaired) electrons. The van der Waals surface area contributed by atoms with Crippen LogP contribution in [0.5, 0.6) is 5.75 Å². The van der Waals surface area contributed by atoms with E-state index in [-0.39, 0.29) is 6.42 Å². The van der Waals surface area contributed by atoms with Crippen molar-refractivity contribution in [3.63, 3.8) is 0 Å². The van der Waals surface area contributed by atoms with Crippen molar-refractivity contribution in [1.29, 1.82) is 0 Å². The number of ether oxygens (including phenoxy) is 1. The summed E-state index contributed by atoms with van der Waals surface area (Å²) >= 11 is 0. The van der Waals surface area contributed by atoms with E-state index in [9.17, 15) is 4.79 Å². The first kappa shape index (κ1) is 12.2. The number of rotatable bonds is 4. The van der Waals surface area contributed by atoms with Crippen LogP contribution in [0, 0.1) is 0 Å². The minimum Gasteiger partial charge on any atom is -0.496 e. The van der Waals surface area contributed by atoms with Crippen molar-refractivity contribution < 1.29 is 14.6 Å². The molecule has 18 heavy (non-hydrogen) atoms. The standard InChI is InChI=1S/C15H14O3/c1-18-14-9-5-4-8-13(14)12-7-3-2-6-11(12)10-15(16)17/h2-9H,10H2,1H3,(H,16,17). The van der Waals surface area contributed by atoms with Crippen molar-refractivity contribution in [3.05, 3.63) is 54.1 Å². The smallest absolute Gasteiger partial charge is 0.307 e. The number of carboxylic acids is 1. The van der Waals surface area contributed by atoms with Crippen LogP contribution < -0.4 is 4.74 Å². The summed E-state index contributed by atoms with van der Waals surface area (Å²) in [5.74, 6) is -0.0901. The van der Waals surface area contributed by atoms with E-state index in [0.29, 0.717) is 0 Å².